The maximum absolute atomic E-state index is 13.5. The van der Waals surface area contributed by atoms with Gasteiger partial charge >= 0.3 is 5.97 Å². The predicted octanol–water partition coefficient (Wildman–Crippen LogP) is 2.41. The van der Waals surface area contributed by atoms with Crippen molar-refractivity contribution in [3.8, 4) is 0 Å². The molecule has 0 radical (unpaired) electrons. The van der Waals surface area contributed by atoms with Gasteiger partial charge in [-0.05, 0) is 20.8 Å². The van der Waals surface area contributed by atoms with Crippen LogP contribution in [-0.2, 0) is 9.53 Å². The summed E-state index contributed by atoms with van der Waals surface area (Å²) in [7, 11) is 0. The number of halogens is 4. The molecule has 0 aromatic heterocycles. The highest BCUT2D eigenvalue weighted by Crippen LogP contribution is 2.29. The molecule has 1 N–H and O–H groups in total. The van der Waals surface area contributed by atoms with E-state index in [9.17, 15) is 22.4 Å². The normalized spacial score (nSPS) is 20.5. The SMILES string of the molecule is CCOC(=O)C(C)(C)NN1C(F)=C(F)C=C(F)C1F. The topological polar surface area (TPSA) is 41.6 Å². The lowest BCUT2D eigenvalue weighted by molar-refractivity contribution is -0.153. The van der Waals surface area contributed by atoms with Crippen molar-refractivity contribution in [3.63, 3.8) is 0 Å². The summed E-state index contributed by atoms with van der Waals surface area (Å²) >= 11 is 0. The fourth-order valence-electron chi connectivity index (χ4n) is 1.35. The van der Waals surface area contributed by atoms with Crippen LogP contribution in [0.1, 0.15) is 20.8 Å². The molecular weight excluding hydrogens is 268 g/mol. The van der Waals surface area contributed by atoms with E-state index >= 15 is 0 Å². The molecule has 108 valence electrons. The molecule has 1 unspecified atom stereocenters. The van der Waals surface area contributed by atoms with Gasteiger partial charge in [0, 0.05) is 6.08 Å². The van der Waals surface area contributed by atoms with Crippen molar-refractivity contribution in [2.24, 2.45) is 0 Å². The van der Waals surface area contributed by atoms with Crippen molar-refractivity contribution >= 4 is 5.97 Å². The Bertz CT molecular complexity index is 434. The number of carbonyl (C=O) groups excluding carboxylic acids is 1. The Balaban J connectivity index is 2.92. The number of hydrazine groups is 1. The van der Waals surface area contributed by atoms with Gasteiger partial charge in [-0.1, -0.05) is 0 Å². The summed E-state index contributed by atoms with van der Waals surface area (Å²) < 4.78 is 57.6. The van der Waals surface area contributed by atoms with Crippen molar-refractivity contribution in [2.75, 3.05) is 6.61 Å². The second-order valence-corrected chi connectivity index (χ2v) is 4.33. The van der Waals surface area contributed by atoms with E-state index in [0.717, 1.165) is 0 Å². The lowest BCUT2D eigenvalue weighted by Crippen LogP contribution is -2.58. The van der Waals surface area contributed by atoms with Crippen LogP contribution in [0.25, 0.3) is 0 Å². The van der Waals surface area contributed by atoms with Gasteiger partial charge in [-0.3, -0.25) is 4.79 Å². The number of hydrogen-bond donors (Lipinski definition) is 1. The van der Waals surface area contributed by atoms with Crippen LogP contribution in [-0.4, -0.2) is 29.4 Å². The number of carbonyl (C=O) groups is 1. The van der Waals surface area contributed by atoms with Gasteiger partial charge in [-0.25, -0.2) is 23.6 Å². The second kappa shape index (κ2) is 5.60. The Morgan fingerprint density at radius 2 is 2.05 bits per heavy atom. The molecule has 0 aliphatic carbocycles. The first-order valence-corrected chi connectivity index (χ1v) is 5.51. The van der Waals surface area contributed by atoms with Gasteiger partial charge in [0.25, 0.3) is 0 Å². The third-order valence-corrected chi connectivity index (χ3v) is 2.31. The van der Waals surface area contributed by atoms with Crippen LogP contribution in [0, 0.1) is 0 Å². The average Bonchev–Trinajstić information content (AvgIpc) is 2.32. The summed E-state index contributed by atoms with van der Waals surface area (Å²) in [5.41, 5.74) is 0.510. The summed E-state index contributed by atoms with van der Waals surface area (Å²) in [4.78, 5) is 11.5. The smallest absolute Gasteiger partial charge is 0.327 e. The molecule has 0 fully saturated rings. The van der Waals surface area contributed by atoms with Gasteiger partial charge in [-0.15, -0.1) is 0 Å². The molecule has 1 aliphatic heterocycles. The Kier molecular flexibility index (Phi) is 4.56. The van der Waals surface area contributed by atoms with E-state index in [4.69, 9.17) is 0 Å². The Morgan fingerprint density at radius 1 is 1.47 bits per heavy atom. The molecule has 0 aromatic rings. The van der Waals surface area contributed by atoms with E-state index in [0.29, 0.717) is 0 Å². The molecule has 0 saturated carbocycles. The number of nitrogens with zero attached hydrogens (tertiary/aromatic N) is 1. The van der Waals surface area contributed by atoms with Gasteiger partial charge in [0.15, 0.2) is 11.7 Å². The first kappa shape index (κ1) is 15.5. The minimum absolute atomic E-state index is 0.0262. The number of allylic oxidation sites excluding steroid dienone is 2. The summed E-state index contributed by atoms with van der Waals surface area (Å²) in [6, 6.07) is 0. The highest BCUT2D eigenvalue weighted by Gasteiger charge is 2.39. The van der Waals surface area contributed by atoms with Crippen LogP contribution in [0.2, 0.25) is 0 Å². The molecule has 1 aliphatic rings. The third kappa shape index (κ3) is 3.25. The Morgan fingerprint density at radius 3 is 2.58 bits per heavy atom. The first-order valence-electron chi connectivity index (χ1n) is 5.51. The zero-order valence-electron chi connectivity index (χ0n) is 10.6. The first-order chi connectivity index (χ1) is 8.70. The van der Waals surface area contributed by atoms with Gasteiger partial charge in [-0.2, -0.15) is 4.39 Å². The second-order valence-electron chi connectivity index (χ2n) is 4.33. The van der Waals surface area contributed by atoms with E-state index in [1.54, 1.807) is 6.92 Å². The lowest BCUT2D eigenvalue weighted by Gasteiger charge is -2.35. The molecule has 1 heterocycles. The summed E-state index contributed by atoms with van der Waals surface area (Å²) in [5.74, 6) is -5.54. The molecule has 0 bridgehead atoms. The van der Waals surface area contributed by atoms with Crippen LogP contribution in [0.5, 0.6) is 0 Å². The molecule has 1 atom stereocenters. The molecule has 0 amide bonds. The standard InChI is InChI=1S/C11H14F4N2O2/c1-4-19-10(18)11(2,3)16-17-8(14)6(12)5-7(13)9(17)15/h5,8,16H,4H2,1-3H3. The molecule has 0 saturated heterocycles. The van der Waals surface area contributed by atoms with E-state index in [1.807, 2.05) is 0 Å². The van der Waals surface area contributed by atoms with Gasteiger partial charge in [0.05, 0.1) is 6.61 Å². The molecule has 0 aromatic carbocycles. The summed E-state index contributed by atoms with van der Waals surface area (Å²) in [5, 5.41) is -0.0262. The van der Waals surface area contributed by atoms with Crippen molar-refractivity contribution in [1.29, 1.82) is 0 Å². The van der Waals surface area contributed by atoms with E-state index in [2.05, 4.69) is 10.2 Å². The van der Waals surface area contributed by atoms with Gasteiger partial charge < -0.3 is 4.74 Å². The van der Waals surface area contributed by atoms with Crippen molar-refractivity contribution in [1.82, 2.24) is 10.4 Å². The Labute approximate surface area is 107 Å². The van der Waals surface area contributed by atoms with E-state index < -0.39 is 35.4 Å². The molecule has 19 heavy (non-hydrogen) atoms. The third-order valence-electron chi connectivity index (χ3n) is 2.31. The Hall–Kier alpha value is -1.57. The zero-order chi connectivity index (χ0) is 14.8. The highest BCUT2D eigenvalue weighted by molar-refractivity contribution is 5.79. The van der Waals surface area contributed by atoms with Crippen molar-refractivity contribution in [3.05, 3.63) is 23.7 Å². The number of nitrogens with one attached hydrogen (secondary N) is 1. The van der Waals surface area contributed by atoms with E-state index in [-0.39, 0.29) is 17.7 Å². The van der Waals surface area contributed by atoms with Crippen LogP contribution < -0.4 is 5.43 Å². The largest absolute Gasteiger partial charge is 0.465 e. The average molecular weight is 282 g/mol. The van der Waals surface area contributed by atoms with Gasteiger partial charge in [0.1, 0.15) is 5.54 Å². The quantitative estimate of drug-likeness (QED) is 0.488. The minimum Gasteiger partial charge on any atom is -0.465 e. The number of hydrogen-bond acceptors (Lipinski definition) is 4. The van der Waals surface area contributed by atoms with Crippen molar-refractivity contribution < 1.29 is 27.1 Å². The number of ether oxygens (including phenoxy) is 1. The van der Waals surface area contributed by atoms with E-state index in [1.165, 1.54) is 13.8 Å². The number of rotatable bonds is 4. The maximum atomic E-state index is 13.5. The predicted molar refractivity (Wildman–Crippen MR) is 59.0 cm³/mol. The number of esters is 1. The van der Waals surface area contributed by atoms with Gasteiger partial charge in [0.2, 0.25) is 12.2 Å². The van der Waals surface area contributed by atoms with Crippen LogP contribution in [0.4, 0.5) is 17.6 Å². The molecule has 8 heteroatoms. The molecule has 4 nitrogen and oxygen atoms in total. The summed E-state index contributed by atoms with van der Waals surface area (Å²) in [6.45, 7) is 4.14. The maximum Gasteiger partial charge on any atom is 0.327 e. The monoisotopic (exact) mass is 282 g/mol. The molecule has 0 spiro atoms. The fraction of sp³-hybridized carbons (Fsp3) is 0.545. The number of alkyl halides is 1. The van der Waals surface area contributed by atoms with Crippen LogP contribution >= 0.6 is 0 Å². The summed E-state index contributed by atoms with van der Waals surface area (Å²) in [6.07, 6.45) is -2.46. The minimum atomic E-state index is -2.56. The van der Waals surface area contributed by atoms with Crippen molar-refractivity contribution in [2.45, 2.75) is 32.6 Å². The lowest BCUT2D eigenvalue weighted by atomic mass is 10.1. The highest BCUT2D eigenvalue weighted by atomic mass is 19.2. The molecule has 1 rings (SSSR count). The molecular formula is C11H14F4N2O2. The van der Waals surface area contributed by atoms with Crippen LogP contribution in [0.15, 0.2) is 23.7 Å². The van der Waals surface area contributed by atoms with Crippen LogP contribution in [0.3, 0.4) is 0 Å². The fourth-order valence-corrected chi connectivity index (χ4v) is 1.35. The zero-order valence-corrected chi connectivity index (χ0v) is 10.6.